The number of hydrogen-bond donors (Lipinski definition) is 1. The highest BCUT2D eigenvalue weighted by molar-refractivity contribution is 6.42. The van der Waals surface area contributed by atoms with Crippen LogP contribution in [0.3, 0.4) is 0 Å². The standard InChI is InChI=1S/C15H18Cl2N2O2/c1-15(2,3)18-14(21)9-6-13(20)19(8-9)10-4-5-11(16)12(17)7-10/h4-5,7,9H,6,8H2,1-3H3,(H,18,21). The first-order valence-electron chi connectivity index (χ1n) is 6.75. The van der Waals surface area contributed by atoms with Crippen LogP contribution in [0.1, 0.15) is 27.2 Å². The Labute approximate surface area is 134 Å². The van der Waals surface area contributed by atoms with Crippen molar-refractivity contribution >= 4 is 40.7 Å². The highest BCUT2D eigenvalue weighted by Gasteiger charge is 2.36. The second-order valence-corrected chi connectivity index (χ2v) is 7.06. The van der Waals surface area contributed by atoms with E-state index in [-0.39, 0.29) is 29.7 Å². The summed E-state index contributed by atoms with van der Waals surface area (Å²) in [5.41, 5.74) is 0.359. The van der Waals surface area contributed by atoms with E-state index in [1.165, 1.54) is 0 Å². The molecular weight excluding hydrogens is 311 g/mol. The summed E-state index contributed by atoms with van der Waals surface area (Å²) in [5.74, 6) is -0.521. The van der Waals surface area contributed by atoms with E-state index < -0.39 is 0 Å². The Balaban J connectivity index is 2.12. The molecule has 1 fully saturated rings. The van der Waals surface area contributed by atoms with Crippen LogP contribution in [0.25, 0.3) is 0 Å². The summed E-state index contributed by atoms with van der Waals surface area (Å²) in [6.07, 6.45) is 0.210. The van der Waals surface area contributed by atoms with Crippen LogP contribution in [0.5, 0.6) is 0 Å². The lowest BCUT2D eigenvalue weighted by molar-refractivity contribution is -0.127. The van der Waals surface area contributed by atoms with Crippen LogP contribution in [-0.2, 0) is 9.59 Å². The molecule has 2 rings (SSSR count). The molecule has 0 bridgehead atoms. The van der Waals surface area contributed by atoms with Gasteiger partial charge in [-0.15, -0.1) is 0 Å². The van der Waals surface area contributed by atoms with E-state index in [1.54, 1.807) is 23.1 Å². The van der Waals surface area contributed by atoms with Crippen molar-refractivity contribution in [2.75, 3.05) is 11.4 Å². The quantitative estimate of drug-likeness (QED) is 0.905. The third-order valence-electron chi connectivity index (χ3n) is 3.21. The van der Waals surface area contributed by atoms with Crippen molar-refractivity contribution in [1.29, 1.82) is 0 Å². The monoisotopic (exact) mass is 328 g/mol. The van der Waals surface area contributed by atoms with Crippen LogP contribution in [0.2, 0.25) is 10.0 Å². The van der Waals surface area contributed by atoms with Gasteiger partial charge in [0.25, 0.3) is 0 Å². The fraction of sp³-hybridized carbons (Fsp3) is 0.467. The van der Waals surface area contributed by atoms with Crippen LogP contribution in [0, 0.1) is 5.92 Å². The Morgan fingerprint density at radius 3 is 2.52 bits per heavy atom. The number of anilines is 1. The fourth-order valence-electron chi connectivity index (χ4n) is 2.26. The Morgan fingerprint density at radius 2 is 1.95 bits per heavy atom. The van der Waals surface area contributed by atoms with Gasteiger partial charge in [-0.2, -0.15) is 0 Å². The molecule has 0 spiro atoms. The molecule has 1 saturated heterocycles. The van der Waals surface area contributed by atoms with Gasteiger partial charge in [-0.1, -0.05) is 23.2 Å². The molecule has 1 heterocycles. The Morgan fingerprint density at radius 1 is 1.29 bits per heavy atom. The molecule has 1 N–H and O–H groups in total. The summed E-state index contributed by atoms with van der Waals surface area (Å²) in [6, 6.07) is 5.02. The molecule has 114 valence electrons. The minimum Gasteiger partial charge on any atom is -0.351 e. The molecule has 2 amide bonds. The van der Waals surface area contributed by atoms with Crippen LogP contribution in [0.4, 0.5) is 5.69 Å². The van der Waals surface area contributed by atoms with Crippen LogP contribution in [0.15, 0.2) is 18.2 Å². The first kappa shape index (κ1) is 16.1. The van der Waals surface area contributed by atoms with Crippen LogP contribution in [-0.4, -0.2) is 23.9 Å². The third-order valence-corrected chi connectivity index (χ3v) is 3.95. The Bertz CT molecular complexity index is 582. The number of carbonyl (C=O) groups excluding carboxylic acids is 2. The van der Waals surface area contributed by atoms with Crippen molar-refractivity contribution in [3.63, 3.8) is 0 Å². The number of carbonyl (C=O) groups is 2. The maximum atomic E-state index is 12.2. The Kier molecular flexibility index (Phi) is 4.49. The van der Waals surface area contributed by atoms with Gasteiger partial charge in [0.15, 0.2) is 0 Å². The predicted molar refractivity (Wildman–Crippen MR) is 84.8 cm³/mol. The molecule has 4 nitrogen and oxygen atoms in total. The second kappa shape index (κ2) is 5.85. The average Bonchev–Trinajstić information content (AvgIpc) is 2.73. The van der Waals surface area contributed by atoms with E-state index in [9.17, 15) is 9.59 Å². The molecule has 0 radical (unpaired) electrons. The SMILES string of the molecule is CC(C)(C)NC(=O)C1CC(=O)N(c2ccc(Cl)c(Cl)c2)C1. The van der Waals surface area contributed by atoms with Crippen molar-refractivity contribution in [2.45, 2.75) is 32.7 Å². The molecule has 6 heteroatoms. The second-order valence-electron chi connectivity index (χ2n) is 6.24. The summed E-state index contributed by atoms with van der Waals surface area (Å²) in [6.45, 7) is 6.11. The van der Waals surface area contributed by atoms with Gasteiger partial charge >= 0.3 is 0 Å². The summed E-state index contributed by atoms with van der Waals surface area (Å²) in [5, 5.41) is 3.74. The van der Waals surface area contributed by atoms with Crippen molar-refractivity contribution < 1.29 is 9.59 Å². The lowest BCUT2D eigenvalue weighted by atomic mass is 10.0. The lowest BCUT2D eigenvalue weighted by Gasteiger charge is -2.23. The van der Waals surface area contributed by atoms with Crippen LogP contribution >= 0.6 is 23.2 Å². The molecule has 0 aromatic heterocycles. The molecular formula is C15H18Cl2N2O2. The van der Waals surface area contributed by atoms with Gasteiger partial charge in [-0.25, -0.2) is 0 Å². The van der Waals surface area contributed by atoms with E-state index in [4.69, 9.17) is 23.2 Å². The molecule has 1 atom stereocenters. The van der Waals surface area contributed by atoms with Crippen molar-refractivity contribution in [2.24, 2.45) is 5.92 Å². The maximum absolute atomic E-state index is 12.2. The minimum atomic E-state index is -0.342. The van der Waals surface area contributed by atoms with Crippen LogP contribution < -0.4 is 10.2 Å². The normalized spacial score (nSPS) is 19.0. The summed E-state index contributed by atoms with van der Waals surface area (Å²) in [7, 11) is 0. The summed E-state index contributed by atoms with van der Waals surface area (Å²) < 4.78 is 0. The predicted octanol–water partition coefficient (Wildman–Crippen LogP) is 3.26. The molecule has 21 heavy (non-hydrogen) atoms. The van der Waals surface area contributed by atoms with Gasteiger partial charge in [0, 0.05) is 24.2 Å². The number of halogens is 2. The van der Waals surface area contributed by atoms with Crippen molar-refractivity contribution in [3.05, 3.63) is 28.2 Å². The molecule has 1 aliphatic heterocycles. The molecule has 1 aromatic rings. The number of nitrogens with one attached hydrogen (secondary N) is 1. The first-order chi connectivity index (χ1) is 9.67. The van der Waals surface area contributed by atoms with Gasteiger partial charge in [0.05, 0.1) is 16.0 Å². The molecule has 1 aromatic carbocycles. The van der Waals surface area contributed by atoms with E-state index in [2.05, 4.69) is 5.32 Å². The number of rotatable bonds is 2. The zero-order chi connectivity index (χ0) is 15.8. The van der Waals surface area contributed by atoms with Crippen molar-refractivity contribution in [1.82, 2.24) is 5.32 Å². The highest BCUT2D eigenvalue weighted by Crippen LogP contribution is 2.31. The first-order valence-corrected chi connectivity index (χ1v) is 7.50. The average molecular weight is 329 g/mol. The minimum absolute atomic E-state index is 0.0811. The van der Waals surface area contributed by atoms with E-state index in [0.717, 1.165) is 0 Å². The van der Waals surface area contributed by atoms with E-state index in [1.807, 2.05) is 20.8 Å². The molecule has 0 saturated carbocycles. The van der Waals surface area contributed by atoms with Crippen molar-refractivity contribution in [3.8, 4) is 0 Å². The van der Waals surface area contributed by atoms with E-state index >= 15 is 0 Å². The summed E-state index contributed by atoms with van der Waals surface area (Å²) >= 11 is 11.9. The summed E-state index contributed by atoms with van der Waals surface area (Å²) in [4.78, 5) is 25.9. The highest BCUT2D eigenvalue weighted by atomic mass is 35.5. The Hall–Kier alpha value is -1.26. The van der Waals surface area contributed by atoms with Gasteiger partial charge in [-0.05, 0) is 39.0 Å². The zero-order valence-corrected chi connectivity index (χ0v) is 13.8. The maximum Gasteiger partial charge on any atom is 0.227 e. The number of benzene rings is 1. The van der Waals surface area contributed by atoms with Gasteiger partial charge in [-0.3, -0.25) is 9.59 Å². The van der Waals surface area contributed by atoms with Gasteiger partial charge in [0.2, 0.25) is 11.8 Å². The molecule has 1 aliphatic rings. The number of hydrogen-bond acceptors (Lipinski definition) is 2. The lowest BCUT2D eigenvalue weighted by Crippen LogP contribution is -2.44. The topological polar surface area (TPSA) is 49.4 Å². The van der Waals surface area contributed by atoms with Gasteiger partial charge in [0.1, 0.15) is 0 Å². The van der Waals surface area contributed by atoms with E-state index in [0.29, 0.717) is 22.3 Å². The zero-order valence-electron chi connectivity index (χ0n) is 12.2. The number of amides is 2. The third kappa shape index (κ3) is 3.89. The number of nitrogens with zero attached hydrogens (tertiary/aromatic N) is 1. The molecule has 0 aliphatic carbocycles. The molecule has 1 unspecified atom stereocenters. The largest absolute Gasteiger partial charge is 0.351 e. The fourth-order valence-corrected chi connectivity index (χ4v) is 2.55. The van der Waals surface area contributed by atoms with Gasteiger partial charge < -0.3 is 10.2 Å². The smallest absolute Gasteiger partial charge is 0.227 e.